The van der Waals surface area contributed by atoms with Crippen LogP contribution in [-0.2, 0) is 23.7 Å². The molecule has 3 aliphatic rings. The van der Waals surface area contributed by atoms with E-state index >= 15 is 0 Å². The lowest BCUT2D eigenvalue weighted by atomic mass is 10.0. The smallest absolute Gasteiger partial charge is 0.164 e. The van der Waals surface area contributed by atoms with Crippen molar-refractivity contribution in [2.75, 3.05) is 6.61 Å². The van der Waals surface area contributed by atoms with Crippen LogP contribution < -0.4 is 0 Å². The maximum atomic E-state index is 5.98. The number of rotatable bonds is 2. The maximum absolute atomic E-state index is 5.98. The van der Waals surface area contributed by atoms with Gasteiger partial charge in [-0.1, -0.05) is 0 Å². The van der Waals surface area contributed by atoms with E-state index in [0.29, 0.717) is 6.61 Å². The lowest BCUT2D eigenvalue weighted by Gasteiger charge is -2.23. The summed E-state index contributed by atoms with van der Waals surface area (Å²) in [5, 5.41) is 0. The standard InChI is InChI=1S/C13H22O5/c1-7-9(15-7)11-10(17-13(4,5)18-11)8-6-14-12(2,3)16-8/h7-11H,6H2,1-5H3/t7?,8-,9-,10-,11-/m1/s1. The van der Waals surface area contributed by atoms with E-state index in [1.54, 1.807) is 0 Å². The molecule has 3 fully saturated rings. The summed E-state index contributed by atoms with van der Waals surface area (Å²) in [4.78, 5) is 0. The van der Waals surface area contributed by atoms with Gasteiger partial charge in [0.2, 0.25) is 0 Å². The van der Waals surface area contributed by atoms with Crippen molar-refractivity contribution in [2.45, 2.75) is 76.7 Å². The van der Waals surface area contributed by atoms with Crippen molar-refractivity contribution in [1.82, 2.24) is 0 Å². The number of epoxide rings is 1. The average Bonchev–Trinajstić information content (AvgIpc) is 2.69. The monoisotopic (exact) mass is 258 g/mol. The lowest BCUT2D eigenvalue weighted by molar-refractivity contribution is -0.174. The Hall–Kier alpha value is -0.200. The topological polar surface area (TPSA) is 49.5 Å². The van der Waals surface area contributed by atoms with Crippen molar-refractivity contribution >= 4 is 0 Å². The Labute approximate surface area is 108 Å². The second kappa shape index (κ2) is 3.90. The molecule has 0 amide bonds. The Balaban J connectivity index is 1.73. The Kier molecular flexibility index (Phi) is 2.78. The summed E-state index contributed by atoms with van der Waals surface area (Å²) in [6.45, 7) is 10.3. The molecule has 1 unspecified atom stereocenters. The molecular weight excluding hydrogens is 236 g/mol. The van der Waals surface area contributed by atoms with Crippen LogP contribution >= 0.6 is 0 Å². The second-order valence-corrected chi connectivity index (χ2v) is 6.24. The van der Waals surface area contributed by atoms with Crippen molar-refractivity contribution in [1.29, 1.82) is 0 Å². The molecule has 0 aliphatic carbocycles. The van der Waals surface area contributed by atoms with E-state index in [1.807, 2.05) is 34.6 Å². The van der Waals surface area contributed by atoms with Gasteiger partial charge in [0.05, 0.1) is 12.7 Å². The van der Waals surface area contributed by atoms with Gasteiger partial charge in [-0.25, -0.2) is 0 Å². The molecule has 0 saturated carbocycles. The van der Waals surface area contributed by atoms with Crippen molar-refractivity contribution in [3.05, 3.63) is 0 Å². The quantitative estimate of drug-likeness (QED) is 0.702. The van der Waals surface area contributed by atoms with Crippen LogP contribution in [0, 0.1) is 0 Å². The third-order valence-corrected chi connectivity index (χ3v) is 3.64. The van der Waals surface area contributed by atoms with Gasteiger partial charge < -0.3 is 23.7 Å². The lowest BCUT2D eigenvalue weighted by Crippen LogP contribution is -2.41. The molecule has 0 N–H and O–H groups in total. The van der Waals surface area contributed by atoms with E-state index < -0.39 is 11.6 Å². The molecule has 0 aromatic rings. The first kappa shape index (κ1) is 12.8. The summed E-state index contributed by atoms with van der Waals surface area (Å²) < 4.78 is 29.0. The zero-order valence-corrected chi connectivity index (χ0v) is 11.6. The highest BCUT2D eigenvalue weighted by molar-refractivity contribution is 5.00. The number of ether oxygens (including phenoxy) is 5. The third-order valence-electron chi connectivity index (χ3n) is 3.64. The summed E-state index contributed by atoms with van der Waals surface area (Å²) in [5.74, 6) is -1.13. The molecule has 5 atom stereocenters. The van der Waals surface area contributed by atoms with Gasteiger partial charge in [0.25, 0.3) is 0 Å². The van der Waals surface area contributed by atoms with Crippen LogP contribution in [0.15, 0.2) is 0 Å². The minimum absolute atomic E-state index is 0.0718. The van der Waals surface area contributed by atoms with Gasteiger partial charge in [-0.15, -0.1) is 0 Å². The van der Waals surface area contributed by atoms with Crippen molar-refractivity contribution in [3.63, 3.8) is 0 Å². The molecule has 0 spiro atoms. The van der Waals surface area contributed by atoms with E-state index in [4.69, 9.17) is 23.7 Å². The van der Waals surface area contributed by atoms with E-state index in [9.17, 15) is 0 Å². The van der Waals surface area contributed by atoms with Crippen LogP contribution in [0.4, 0.5) is 0 Å². The van der Waals surface area contributed by atoms with Crippen LogP contribution in [-0.4, -0.2) is 48.7 Å². The van der Waals surface area contributed by atoms with E-state index in [1.165, 1.54) is 0 Å². The van der Waals surface area contributed by atoms with E-state index in [-0.39, 0.29) is 30.5 Å². The molecule has 5 nitrogen and oxygen atoms in total. The van der Waals surface area contributed by atoms with Gasteiger partial charge in [0.15, 0.2) is 11.6 Å². The van der Waals surface area contributed by atoms with Crippen LogP contribution in [0.25, 0.3) is 0 Å². The molecule has 0 aromatic heterocycles. The summed E-state index contributed by atoms with van der Waals surface area (Å²) in [6.07, 6.45) is 0.0619. The second-order valence-electron chi connectivity index (χ2n) is 6.24. The Morgan fingerprint density at radius 1 is 0.833 bits per heavy atom. The maximum Gasteiger partial charge on any atom is 0.164 e. The van der Waals surface area contributed by atoms with Gasteiger partial charge in [-0.3, -0.25) is 0 Å². The molecule has 0 aromatic carbocycles. The molecule has 0 bridgehead atoms. The normalized spacial score (nSPS) is 49.5. The zero-order valence-electron chi connectivity index (χ0n) is 11.6. The summed E-state index contributed by atoms with van der Waals surface area (Å²) in [7, 11) is 0. The predicted octanol–water partition coefficient (Wildman–Crippen LogP) is 1.45. The molecule has 104 valence electrons. The molecule has 5 heteroatoms. The third kappa shape index (κ3) is 2.30. The molecular formula is C13H22O5. The first-order valence-corrected chi connectivity index (χ1v) is 6.60. The fourth-order valence-electron chi connectivity index (χ4n) is 2.78. The summed E-state index contributed by atoms with van der Waals surface area (Å²) in [6, 6.07) is 0. The largest absolute Gasteiger partial charge is 0.367 e. The molecule has 3 aliphatic heterocycles. The highest BCUT2D eigenvalue weighted by atomic mass is 16.8. The first-order valence-electron chi connectivity index (χ1n) is 6.60. The van der Waals surface area contributed by atoms with E-state index in [0.717, 1.165) is 0 Å². The van der Waals surface area contributed by atoms with Crippen molar-refractivity contribution in [2.24, 2.45) is 0 Å². The highest BCUT2D eigenvalue weighted by Crippen LogP contribution is 2.41. The van der Waals surface area contributed by atoms with Gasteiger partial charge in [0, 0.05) is 0 Å². The molecule has 18 heavy (non-hydrogen) atoms. The molecule has 0 radical (unpaired) electrons. The summed E-state index contributed by atoms with van der Waals surface area (Å²) >= 11 is 0. The number of hydrogen-bond acceptors (Lipinski definition) is 5. The van der Waals surface area contributed by atoms with Gasteiger partial charge in [-0.2, -0.15) is 0 Å². The van der Waals surface area contributed by atoms with Crippen LogP contribution in [0.2, 0.25) is 0 Å². The minimum Gasteiger partial charge on any atom is -0.367 e. The minimum atomic E-state index is -0.586. The first-order chi connectivity index (χ1) is 8.27. The summed E-state index contributed by atoms with van der Waals surface area (Å²) in [5.41, 5.74) is 0. The molecule has 3 heterocycles. The highest BCUT2D eigenvalue weighted by Gasteiger charge is 2.57. The Morgan fingerprint density at radius 2 is 1.44 bits per heavy atom. The SMILES string of the molecule is CC1O[C@H]1[C@H]1OC(C)(C)O[C@@H]1[C@H]1COC(C)(C)O1. The molecule has 3 rings (SSSR count). The van der Waals surface area contributed by atoms with Gasteiger partial charge >= 0.3 is 0 Å². The fraction of sp³-hybridized carbons (Fsp3) is 1.00. The molecule has 3 saturated heterocycles. The Morgan fingerprint density at radius 3 is 1.94 bits per heavy atom. The Bertz CT molecular complexity index is 340. The zero-order chi connectivity index (χ0) is 13.1. The fourth-order valence-corrected chi connectivity index (χ4v) is 2.78. The average molecular weight is 258 g/mol. The van der Waals surface area contributed by atoms with Gasteiger partial charge in [-0.05, 0) is 34.6 Å². The number of hydrogen-bond donors (Lipinski definition) is 0. The van der Waals surface area contributed by atoms with Crippen molar-refractivity contribution in [3.8, 4) is 0 Å². The van der Waals surface area contributed by atoms with Gasteiger partial charge in [0.1, 0.15) is 24.4 Å². The predicted molar refractivity (Wildman–Crippen MR) is 63.1 cm³/mol. The van der Waals surface area contributed by atoms with E-state index in [2.05, 4.69) is 0 Å². The van der Waals surface area contributed by atoms with Crippen LogP contribution in [0.1, 0.15) is 34.6 Å². The van der Waals surface area contributed by atoms with Crippen LogP contribution in [0.3, 0.4) is 0 Å². The van der Waals surface area contributed by atoms with Crippen LogP contribution in [0.5, 0.6) is 0 Å². The van der Waals surface area contributed by atoms with Crippen molar-refractivity contribution < 1.29 is 23.7 Å².